The largest absolute Gasteiger partial charge is 0.493 e. The van der Waals surface area contributed by atoms with Gasteiger partial charge in [-0.2, -0.15) is 0 Å². The molecule has 0 amide bonds. The highest BCUT2D eigenvalue weighted by Gasteiger charge is 2.57. The Balaban J connectivity index is 1.26. The lowest BCUT2D eigenvalue weighted by Gasteiger charge is -2.39. The van der Waals surface area contributed by atoms with Crippen LogP contribution in [0.4, 0.5) is 0 Å². The lowest BCUT2D eigenvalue weighted by molar-refractivity contribution is -0.919. The summed E-state index contributed by atoms with van der Waals surface area (Å²) in [5.74, 6) is 1.15. The number of ether oxygens (including phenoxy) is 2. The van der Waals surface area contributed by atoms with E-state index in [4.69, 9.17) is 9.47 Å². The number of nitrogens with zero attached hydrogens (tertiary/aromatic N) is 1. The minimum absolute atomic E-state index is 0.173. The molecular weight excluding hydrogens is 462 g/mol. The Hall–Kier alpha value is -3.15. The van der Waals surface area contributed by atoms with Crippen molar-refractivity contribution < 1.29 is 23.9 Å². The number of esters is 1. The maximum atomic E-state index is 13.7. The average Bonchev–Trinajstić information content (AvgIpc) is 3.51. The molecule has 0 heterocycles. The van der Waals surface area contributed by atoms with Crippen LogP contribution in [0.25, 0.3) is 0 Å². The number of carbonyl (C=O) groups excluding carboxylic acids is 1. The normalized spacial score (nSPS) is 23.1. The Labute approximate surface area is 220 Å². The molecule has 3 aromatic rings. The number of aliphatic hydroxyl groups is 1. The van der Waals surface area contributed by atoms with Crippen molar-refractivity contribution in [1.29, 1.82) is 0 Å². The summed E-state index contributed by atoms with van der Waals surface area (Å²) in [5, 5.41) is 11.8. The molecule has 37 heavy (non-hydrogen) atoms. The number of quaternary nitrogens is 1. The first-order valence-electron chi connectivity index (χ1n) is 13.4. The first-order chi connectivity index (χ1) is 17.9. The van der Waals surface area contributed by atoms with E-state index in [1.807, 2.05) is 66.7 Å². The van der Waals surface area contributed by atoms with Gasteiger partial charge in [-0.25, -0.2) is 4.79 Å². The molecule has 0 spiro atoms. The molecule has 2 aliphatic rings. The molecule has 1 N–H and O–H groups in total. The topological polar surface area (TPSA) is 55.8 Å². The van der Waals surface area contributed by atoms with Gasteiger partial charge in [0.2, 0.25) is 5.60 Å². The smallest absolute Gasteiger partial charge is 0.347 e. The standard InChI is InChI=1S/C32H38NO4/c1-33(2,21-12-22-36-27-17-10-5-11-18-27)30-24-19-20-28(30)29(23-24)37-31(34)32(35,25-13-6-3-7-14-25)26-15-8-4-9-16-26/h3-11,13-18,24,28-30,35H,12,19-23H2,1-2H3/q+1/t24?,28-,29-,30?/m1/s1. The van der Waals surface area contributed by atoms with Crippen LogP contribution < -0.4 is 4.74 Å². The third kappa shape index (κ3) is 5.16. The monoisotopic (exact) mass is 500 g/mol. The summed E-state index contributed by atoms with van der Waals surface area (Å²) in [6.45, 7) is 1.69. The third-order valence-corrected chi connectivity index (χ3v) is 8.44. The van der Waals surface area contributed by atoms with Gasteiger partial charge in [-0.3, -0.25) is 0 Å². The molecule has 5 nitrogen and oxygen atoms in total. The van der Waals surface area contributed by atoms with E-state index in [9.17, 15) is 9.90 Å². The van der Waals surface area contributed by atoms with Crippen LogP contribution in [0, 0.1) is 11.8 Å². The Morgan fingerprint density at radius 3 is 2.05 bits per heavy atom. The molecule has 2 saturated carbocycles. The zero-order valence-corrected chi connectivity index (χ0v) is 21.8. The van der Waals surface area contributed by atoms with Gasteiger partial charge in [-0.15, -0.1) is 0 Å². The molecule has 5 rings (SSSR count). The van der Waals surface area contributed by atoms with E-state index in [2.05, 4.69) is 14.1 Å². The molecule has 0 aliphatic heterocycles. The molecule has 0 saturated heterocycles. The number of benzene rings is 3. The lowest BCUT2D eigenvalue weighted by atomic mass is 9.86. The van der Waals surface area contributed by atoms with E-state index in [1.54, 1.807) is 24.3 Å². The summed E-state index contributed by atoms with van der Waals surface area (Å²) in [4.78, 5) is 13.7. The third-order valence-electron chi connectivity index (χ3n) is 8.44. The Kier molecular flexibility index (Phi) is 7.36. The van der Waals surface area contributed by atoms with Crippen molar-refractivity contribution in [3.63, 3.8) is 0 Å². The van der Waals surface area contributed by atoms with E-state index < -0.39 is 11.6 Å². The van der Waals surface area contributed by atoms with Crippen molar-refractivity contribution in [3.05, 3.63) is 102 Å². The van der Waals surface area contributed by atoms with Gasteiger partial charge in [0.05, 0.1) is 33.3 Å². The molecule has 4 atom stereocenters. The van der Waals surface area contributed by atoms with E-state index >= 15 is 0 Å². The van der Waals surface area contributed by atoms with Crippen molar-refractivity contribution in [2.45, 2.75) is 43.4 Å². The zero-order valence-electron chi connectivity index (χ0n) is 21.8. The van der Waals surface area contributed by atoms with E-state index in [1.165, 1.54) is 6.42 Å². The second kappa shape index (κ2) is 10.7. The molecule has 0 aromatic heterocycles. The summed E-state index contributed by atoms with van der Waals surface area (Å²) in [5.41, 5.74) is -0.778. The number of hydrogen-bond donors (Lipinski definition) is 1. The predicted octanol–water partition coefficient (Wildman–Crippen LogP) is 5.18. The number of carbonyl (C=O) groups is 1. The van der Waals surface area contributed by atoms with Crippen molar-refractivity contribution in [3.8, 4) is 5.75 Å². The number of hydrogen-bond acceptors (Lipinski definition) is 4. The van der Waals surface area contributed by atoms with E-state index in [0.29, 0.717) is 35.6 Å². The van der Waals surface area contributed by atoms with E-state index in [-0.39, 0.29) is 6.10 Å². The fraction of sp³-hybridized carbons (Fsp3) is 0.406. The highest BCUT2D eigenvalue weighted by Crippen LogP contribution is 2.50. The van der Waals surface area contributed by atoms with Crippen molar-refractivity contribution in [2.75, 3.05) is 27.2 Å². The van der Waals surface area contributed by atoms with Crippen LogP contribution in [0.1, 0.15) is 36.8 Å². The molecule has 2 fully saturated rings. The minimum atomic E-state index is -1.83. The molecule has 2 unspecified atom stereocenters. The molecule has 2 bridgehead atoms. The van der Waals surface area contributed by atoms with Gasteiger partial charge >= 0.3 is 5.97 Å². The van der Waals surface area contributed by atoms with Gasteiger partial charge in [0.1, 0.15) is 11.9 Å². The van der Waals surface area contributed by atoms with Gasteiger partial charge in [-0.05, 0) is 42.5 Å². The number of para-hydroxylation sites is 1. The highest BCUT2D eigenvalue weighted by molar-refractivity contribution is 5.85. The molecule has 3 aromatic carbocycles. The zero-order chi connectivity index (χ0) is 25.9. The first-order valence-corrected chi connectivity index (χ1v) is 13.4. The van der Waals surface area contributed by atoms with Gasteiger partial charge < -0.3 is 19.1 Å². The second-order valence-corrected chi connectivity index (χ2v) is 11.1. The summed E-state index contributed by atoms with van der Waals surface area (Å²) in [6.07, 6.45) is 3.89. The summed E-state index contributed by atoms with van der Waals surface area (Å²) >= 11 is 0. The average molecular weight is 501 g/mol. The van der Waals surface area contributed by atoms with Crippen molar-refractivity contribution in [2.24, 2.45) is 11.8 Å². The van der Waals surface area contributed by atoms with E-state index in [0.717, 1.165) is 36.0 Å². The van der Waals surface area contributed by atoms with Gasteiger partial charge in [0.25, 0.3) is 0 Å². The van der Waals surface area contributed by atoms with Crippen LogP contribution in [0.15, 0.2) is 91.0 Å². The summed E-state index contributed by atoms with van der Waals surface area (Å²) in [7, 11) is 4.60. The van der Waals surface area contributed by atoms with Gasteiger partial charge in [0, 0.05) is 18.3 Å². The van der Waals surface area contributed by atoms with Crippen LogP contribution in [0.2, 0.25) is 0 Å². The highest BCUT2D eigenvalue weighted by atomic mass is 16.6. The van der Waals surface area contributed by atoms with Crippen LogP contribution >= 0.6 is 0 Å². The minimum Gasteiger partial charge on any atom is -0.493 e. The number of fused-ring (bicyclic) bond motifs is 2. The molecule has 194 valence electrons. The van der Waals surface area contributed by atoms with Crippen LogP contribution in [0.5, 0.6) is 5.75 Å². The van der Waals surface area contributed by atoms with Gasteiger partial charge in [-0.1, -0.05) is 78.9 Å². The quantitative estimate of drug-likeness (QED) is 0.237. The van der Waals surface area contributed by atoms with Crippen molar-refractivity contribution >= 4 is 5.97 Å². The molecule has 2 aliphatic carbocycles. The van der Waals surface area contributed by atoms with Crippen LogP contribution in [-0.4, -0.2) is 55.0 Å². The maximum Gasteiger partial charge on any atom is 0.347 e. The van der Waals surface area contributed by atoms with Crippen LogP contribution in [0.3, 0.4) is 0 Å². The predicted molar refractivity (Wildman–Crippen MR) is 144 cm³/mol. The van der Waals surface area contributed by atoms with Gasteiger partial charge in [0.15, 0.2) is 0 Å². The fourth-order valence-electron chi connectivity index (χ4n) is 6.77. The Morgan fingerprint density at radius 1 is 0.892 bits per heavy atom. The lowest BCUT2D eigenvalue weighted by Crippen LogP contribution is -2.53. The van der Waals surface area contributed by atoms with Crippen molar-refractivity contribution in [1.82, 2.24) is 0 Å². The summed E-state index contributed by atoms with van der Waals surface area (Å²) < 4.78 is 13.0. The second-order valence-electron chi connectivity index (χ2n) is 11.1. The Bertz CT molecular complexity index is 1130. The first kappa shape index (κ1) is 25.5. The molecule has 0 radical (unpaired) electrons. The SMILES string of the molecule is C[N+](C)(CCCOc1ccccc1)C1C2CC[C@@H]1[C@H](OC(=O)C(O)(c1ccccc1)c1ccccc1)C2. The maximum absolute atomic E-state index is 13.7. The Morgan fingerprint density at radius 2 is 1.46 bits per heavy atom. The fourth-order valence-corrected chi connectivity index (χ4v) is 6.77. The molecular formula is C32H38NO4+. The molecule has 5 heteroatoms. The number of rotatable bonds is 10. The summed E-state index contributed by atoms with van der Waals surface area (Å²) in [6, 6.07) is 28.7. The van der Waals surface area contributed by atoms with Crippen LogP contribution in [-0.2, 0) is 15.1 Å².